The van der Waals surface area contributed by atoms with E-state index in [-0.39, 0.29) is 5.69 Å². The van der Waals surface area contributed by atoms with Crippen LogP contribution in [0.2, 0.25) is 5.02 Å². The standard InChI is InChI=1S/C20H15ClN4O3/c21-14-10-11-22-18(12-14)20(27)28-13-19(26)23-15-6-8-17(9-7-15)25-24-16-4-2-1-3-5-16/h1-12H,13H2,(H,23,26). The second kappa shape index (κ2) is 9.38. The highest BCUT2D eigenvalue weighted by Crippen LogP contribution is 2.20. The van der Waals surface area contributed by atoms with Crippen molar-refractivity contribution in [3.05, 3.63) is 83.6 Å². The molecule has 0 aliphatic heterocycles. The molecule has 28 heavy (non-hydrogen) atoms. The summed E-state index contributed by atoms with van der Waals surface area (Å²) in [5.74, 6) is -1.21. The molecule has 0 aliphatic rings. The van der Waals surface area contributed by atoms with E-state index in [0.29, 0.717) is 16.4 Å². The van der Waals surface area contributed by atoms with Gasteiger partial charge in [-0.25, -0.2) is 9.78 Å². The Morgan fingerprint density at radius 2 is 1.64 bits per heavy atom. The highest BCUT2D eigenvalue weighted by Gasteiger charge is 2.12. The number of aromatic nitrogens is 1. The van der Waals surface area contributed by atoms with E-state index in [0.717, 1.165) is 5.69 Å². The zero-order valence-corrected chi connectivity index (χ0v) is 15.3. The van der Waals surface area contributed by atoms with Gasteiger partial charge in [0.1, 0.15) is 5.69 Å². The molecule has 1 N–H and O–H groups in total. The van der Waals surface area contributed by atoms with Gasteiger partial charge in [0.2, 0.25) is 0 Å². The first-order valence-electron chi connectivity index (χ1n) is 8.25. The fraction of sp³-hybridized carbons (Fsp3) is 0.0500. The van der Waals surface area contributed by atoms with Crippen LogP contribution >= 0.6 is 11.6 Å². The number of ether oxygens (including phenoxy) is 1. The number of pyridine rings is 1. The van der Waals surface area contributed by atoms with Crippen molar-refractivity contribution in [2.75, 3.05) is 11.9 Å². The SMILES string of the molecule is O=C(COC(=O)c1cc(Cl)ccn1)Nc1ccc(N=Nc2ccccc2)cc1. The van der Waals surface area contributed by atoms with Gasteiger partial charge in [-0.1, -0.05) is 29.8 Å². The molecule has 1 amide bonds. The van der Waals surface area contributed by atoms with E-state index in [4.69, 9.17) is 16.3 Å². The van der Waals surface area contributed by atoms with Crippen molar-refractivity contribution in [2.24, 2.45) is 10.2 Å². The molecule has 0 aliphatic carbocycles. The van der Waals surface area contributed by atoms with Gasteiger partial charge in [0.25, 0.3) is 5.91 Å². The van der Waals surface area contributed by atoms with Crippen LogP contribution in [-0.4, -0.2) is 23.5 Å². The number of esters is 1. The molecule has 3 rings (SSSR count). The first-order valence-corrected chi connectivity index (χ1v) is 8.63. The smallest absolute Gasteiger partial charge is 0.357 e. The molecule has 0 spiro atoms. The Labute approximate surface area is 166 Å². The minimum Gasteiger partial charge on any atom is -0.451 e. The summed E-state index contributed by atoms with van der Waals surface area (Å²) in [4.78, 5) is 27.6. The molecular formula is C20H15ClN4O3. The number of amides is 1. The van der Waals surface area contributed by atoms with E-state index in [1.165, 1.54) is 18.3 Å². The average molecular weight is 395 g/mol. The van der Waals surface area contributed by atoms with Crippen LogP contribution in [0.3, 0.4) is 0 Å². The Morgan fingerprint density at radius 3 is 2.32 bits per heavy atom. The Kier molecular flexibility index (Phi) is 6.43. The zero-order valence-electron chi connectivity index (χ0n) is 14.6. The maximum absolute atomic E-state index is 11.9. The van der Waals surface area contributed by atoms with Gasteiger partial charge in [-0.2, -0.15) is 10.2 Å². The topological polar surface area (TPSA) is 93.0 Å². The molecule has 0 saturated carbocycles. The molecule has 1 aromatic heterocycles. The third-order valence-electron chi connectivity index (χ3n) is 3.45. The fourth-order valence-electron chi connectivity index (χ4n) is 2.14. The molecule has 0 fully saturated rings. The van der Waals surface area contributed by atoms with E-state index in [1.807, 2.05) is 30.3 Å². The lowest BCUT2D eigenvalue weighted by Gasteiger charge is -2.06. The molecule has 1 heterocycles. The summed E-state index contributed by atoms with van der Waals surface area (Å²) in [5, 5.41) is 11.2. The second-order valence-corrected chi connectivity index (χ2v) is 6.00. The van der Waals surface area contributed by atoms with Crippen LogP contribution in [-0.2, 0) is 9.53 Å². The molecule has 7 nitrogen and oxygen atoms in total. The number of azo groups is 1. The summed E-state index contributed by atoms with van der Waals surface area (Å²) in [6.07, 6.45) is 1.38. The third-order valence-corrected chi connectivity index (χ3v) is 3.69. The number of nitrogens with zero attached hydrogens (tertiary/aromatic N) is 3. The molecule has 140 valence electrons. The summed E-state index contributed by atoms with van der Waals surface area (Å²) in [7, 11) is 0. The predicted molar refractivity (Wildman–Crippen MR) is 105 cm³/mol. The van der Waals surface area contributed by atoms with Crippen LogP contribution < -0.4 is 5.32 Å². The summed E-state index contributed by atoms with van der Waals surface area (Å²) >= 11 is 5.79. The molecule has 0 unspecified atom stereocenters. The quantitative estimate of drug-likeness (QED) is 0.473. The second-order valence-electron chi connectivity index (χ2n) is 5.57. The number of benzene rings is 2. The lowest BCUT2D eigenvalue weighted by atomic mass is 10.3. The van der Waals surface area contributed by atoms with Gasteiger partial charge in [-0.15, -0.1) is 0 Å². The molecule has 2 aromatic carbocycles. The molecule has 0 radical (unpaired) electrons. The summed E-state index contributed by atoms with van der Waals surface area (Å²) in [6.45, 7) is -0.442. The first kappa shape index (κ1) is 19.2. The van der Waals surface area contributed by atoms with Crippen molar-refractivity contribution in [1.29, 1.82) is 0 Å². The number of rotatable bonds is 6. The van der Waals surface area contributed by atoms with Crippen molar-refractivity contribution in [1.82, 2.24) is 4.98 Å². The van der Waals surface area contributed by atoms with E-state index < -0.39 is 18.5 Å². The van der Waals surface area contributed by atoms with Crippen molar-refractivity contribution in [3.8, 4) is 0 Å². The molecular weight excluding hydrogens is 380 g/mol. The van der Waals surface area contributed by atoms with Crippen molar-refractivity contribution in [2.45, 2.75) is 0 Å². The maximum Gasteiger partial charge on any atom is 0.357 e. The van der Waals surface area contributed by atoms with Crippen molar-refractivity contribution < 1.29 is 14.3 Å². The Bertz CT molecular complexity index is 992. The lowest BCUT2D eigenvalue weighted by Crippen LogP contribution is -2.21. The molecule has 8 heteroatoms. The number of nitrogens with one attached hydrogen (secondary N) is 1. The summed E-state index contributed by atoms with van der Waals surface area (Å²) < 4.78 is 4.92. The molecule has 3 aromatic rings. The highest BCUT2D eigenvalue weighted by atomic mass is 35.5. The highest BCUT2D eigenvalue weighted by molar-refractivity contribution is 6.30. The molecule has 0 bridgehead atoms. The van der Waals surface area contributed by atoms with Crippen LogP contribution in [0.25, 0.3) is 0 Å². The minimum atomic E-state index is -0.727. The normalized spacial score (nSPS) is 10.6. The van der Waals surface area contributed by atoms with Gasteiger partial charge in [0.05, 0.1) is 11.4 Å². The average Bonchev–Trinajstić information content (AvgIpc) is 2.72. The maximum atomic E-state index is 11.9. The number of anilines is 1. The number of hydrogen-bond acceptors (Lipinski definition) is 6. The van der Waals surface area contributed by atoms with Crippen LogP contribution in [0.4, 0.5) is 17.1 Å². The minimum absolute atomic E-state index is 0.0356. The molecule has 0 atom stereocenters. The number of hydrogen-bond donors (Lipinski definition) is 1. The fourth-order valence-corrected chi connectivity index (χ4v) is 2.30. The monoisotopic (exact) mass is 394 g/mol. The van der Waals surface area contributed by atoms with Crippen LogP contribution in [0, 0.1) is 0 Å². The van der Waals surface area contributed by atoms with E-state index in [1.54, 1.807) is 24.3 Å². The number of carbonyl (C=O) groups excluding carboxylic acids is 2. The van der Waals surface area contributed by atoms with E-state index in [2.05, 4.69) is 20.5 Å². The van der Waals surface area contributed by atoms with Gasteiger partial charge in [0.15, 0.2) is 6.61 Å². The number of carbonyl (C=O) groups is 2. The van der Waals surface area contributed by atoms with Gasteiger partial charge < -0.3 is 10.1 Å². The Morgan fingerprint density at radius 1 is 0.964 bits per heavy atom. The Balaban J connectivity index is 1.50. The van der Waals surface area contributed by atoms with Gasteiger partial charge in [-0.3, -0.25) is 4.79 Å². The van der Waals surface area contributed by atoms with E-state index >= 15 is 0 Å². The first-order chi connectivity index (χ1) is 13.6. The lowest BCUT2D eigenvalue weighted by molar-refractivity contribution is -0.119. The third kappa shape index (κ3) is 5.72. The largest absolute Gasteiger partial charge is 0.451 e. The summed E-state index contributed by atoms with van der Waals surface area (Å²) in [6, 6.07) is 19.0. The van der Waals surface area contributed by atoms with Crippen molar-refractivity contribution in [3.63, 3.8) is 0 Å². The van der Waals surface area contributed by atoms with E-state index in [9.17, 15) is 9.59 Å². The van der Waals surface area contributed by atoms with Gasteiger partial charge in [-0.05, 0) is 48.5 Å². The van der Waals surface area contributed by atoms with Gasteiger partial charge in [0, 0.05) is 16.9 Å². The predicted octanol–water partition coefficient (Wildman–Crippen LogP) is 4.95. The van der Waals surface area contributed by atoms with Crippen molar-refractivity contribution >= 4 is 40.5 Å². The Hall–Kier alpha value is -3.58. The number of halogens is 1. The zero-order chi connectivity index (χ0) is 19.8. The van der Waals surface area contributed by atoms with Crippen LogP contribution in [0.5, 0.6) is 0 Å². The van der Waals surface area contributed by atoms with Crippen LogP contribution in [0.1, 0.15) is 10.5 Å². The molecule has 0 saturated heterocycles. The summed E-state index contributed by atoms with van der Waals surface area (Å²) in [5.41, 5.74) is 1.96. The van der Waals surface area contributed by atoms with Gasteiger partial charge >= 0.3 is 5.97 Å². The van der Waals surface area contributed by atoms with Crippen LogP contribution in [0.15, 0.2) is 83.2 Å².